The Morgan fingerprint density at radius 2 is 2.21 bits per heavy atom. The van der Waals surface area contributed by atoms with Crippen molar-refractivity contribution >= 4 is 27.5 Å². The van der Waals surface area contributed by atoms with Crippen LogP contribution in [0.25, 0.3) is 0 Å². The Labute approximate surface area is 98.0 Å². The lowest BCUT2D eigenvalue weighted by Gasteiger charge is -2.26. The van der Waals surface area contributed by atoms with Crippen molar-refractivity contribution in [1.29, 1.82) is 0 Å². The van der Waals surface area contributed by atoms with Crippen LogP contribution in [0.5, 0.6) is 0 Å². The molecule has 0 spiro atoms. The third kappa shape index (κ3) is 2.50. The van der Waals surface area contributed by atoms with Crippen LogP contribution in [0.15, 0.2) is 22.7 Å². The molecule has 0 unspecified atom stereocenters. The molecule has 0 amide bonds. The summed E-state index contributed by atoms with van der Waals surface area (Å²) in [4.78, 5) is 0. The summed E-state index contributed by atoms with van der Waals surface area (Å²) in [6.07, 6.45) is 2.41. The molecule has 0 atom stereocenters. The molecule has 1 saturated heterocycles. The second kappa shape index (κ2) is 4.65. The van der Waals surface area contributed by atoms with E-state index >= 15 is 0 Å². The van der Waals surface area contributed by atoms with Gasteiger partial charge in [0.1, 0.15) is 0 Å². The van der Waals surface area contributed by atoms with E-state index < -0.39 is 0 Å². The van der Waals surface area contributed by atoms with E-state index in [-0.39, 0.29) is 0 Å². The average molecular weight is 275 g/mol. The number of hydrogen-bond donors (Lipinski definition) is 1. The summed E-state index contributed by atoms with van der Waals surface area (Å²) in [5, 5.41) is 4.10. The first-order valence-electron chi connectivity index (χ1n) is 4.90. The molecular weight excluding hydrogens is 261 g/mol. The fourth-order valence-electron chi connectivity index (χ4n) is 1.62. The fraction of sp³-hybridized carbons (Fsp3) is 0.455. The predicted octanol–water partition coefficient (Wildman–Crippen LogP) is 3.25. The quantitative estimate of drug-likeness (QED) is 0.892. The molecule has 1 aliphatic rings. The Kier molecular flexibility index (Phi) is 3.47. The second-order valence-electron chi connectivity index (χ2n) is 3.81. The summed E-state index contributed by atoms with van der Waals surface area (Å²) in [5.41, 5.74) is 1.34. The van der Waals surface area contributed by atoms with Crippen molar-refractivity contribution in [3.05, 3.63) is 33.3 Å². The summed E-state index contributed by atoms with van der Waals surface area (Å²) in [5.74, 6) is 0.873. The molecule has 0 saturated carbocycles. The number of nitrogens with one attached hydrogen (secondary N) is 1. The third-order valence-electron chi connectivity index (χ3n) is 2.69. The smallest absolute Gasteiger partial charge is 0.0550 e. The highest BCUT2D eigenvalue weighted by Crippen LogP contribution is 2.24. The van der Waals surface area contributed by atoms with E-state index in [0.717, 1.165) is 21.8 Å². The van der Waals surface area contributed by atoms with Gasteiger partial charge in [-0.2, -0.15) is 0 Å². The van der Waals surface area contributed by atoms with Gasteiger partial charge in [0.2, 0.25) is 0 Å². The molecule has 1 fully saturated rings. The highest BCUT2D eigenvalue weighted by Gasteiger charge is 2.15. The van der Waals surface area contributed by atoms with Crippen LogP contribution in [0.1, 0.15) is 12.0 Å². The van der Waals surface area contributed by atoms with Gasteiger partial charge in [0.15, 0.2) is 0 Å². The molecule has 2 rings (SSSR count). The van der Waals surface area contributed by atoms with E-state index in [2.05, 4.69) is 33.4 Å². The van der Waals surface area contributed by atoms with Crippen LogP contribution < -0.4 is 5.32 Å². The zero-order valence-electron chi connectivity index (χ0n) is 7.89. The van der Waals surface area contributed by atoms with Crippen LogP contribution in [0, 0.1) is 5.92 Å². The van der Waals surface area contributed by atoms with E-state index in [4.69, 9.17) is 11.6 Å². The zero-order chi connectivity index (χ0) is 9.97. The molecule has 1 heterocycles. The van der Waals surface area contributed by atoms with Gasteiger partial charge in [-0.25, -0.2) is 0 Å². The van der Waals surface area contributed by atoms with E-state index in [0.29, 0.717) is 0 Å². The van der Waals surface area contributed by atoms with E-state index in [9.17, 15) is 0 Å². The molecule has 1 nitrogen and oxygen atoms in total. The van der Waals surface area contributed by atoms with Crippen LogP contribution in [0.4, 0.5) is 0 Å². The maximum absolute atomic E-state index is 6.02. The van der Waals surface area contributed by atoms with E-state index in [1.54, 1.807) is 0 Å². The van der Waals surface area contributed by atoms with Gasteiger partial charge in [0.25, 0.3) is 0 Å². The SMILES string of the molecule is Clc1cc(CCC2CNC2)ccc1Br. The molecule has 1 N–H and O–H groups in total. The van der Waals surface area contributed by atoms with E-state index in [1.165, 1.54) is 25.1 Å². The van der Waals surface area contributed by atoms with Gasteiger partial charge in [-0.15, -0.1) is 0 Å². The van der Waals surface area contributed by atoms with Gasteiger partial charge in [-0.05, 0) is 65.5 Å². The Hall–Kier alpha value is -0.0500. The first kappa shape index (κ1) is 10.5. The van der Waals surface area contributed by atoms with Crippen LogP contribution in [-0.4, -0.2) is 13.1 Å². The number of benzene rings is 1. The van der Waals surface area contributed by atoms with Crippen molar-refractivity contribution in [1.82, 2.24) is 5.32 Å². The van der Waals surface area contributed by atoms with Crippen molar-refractivity contribution in [3.8, 4) is 0 Å². The maximum atomic E-state index is 6.02. The Morgan fingerprint density at radius 3 is 2.79 bits per heavy atom. The minimum absolute atomic E-state index is 0.814. The highest BCUT2D eigenvalue weighted by molar-refractivity contribution is 9.10. The zero-order valence-corrected chi connectivity index (χ0v) is 10.2. The van der Waals surface area contributed by atoms with Gasteiger partial charge in [0.05, 0.1) is 5.02 Å². The van der Waals surface area contributed by atoms with Crippen LogP contribution in [0.3, 0.4) is 0 Å². The monoisotopic (exact) mass is 273 g/mol. The predicted molar refractivity (Wildman–Crippen MR) is 63.8 cm³/mol. The van der Waals surface area contributed by atoms with E-state index in [1.807, 2.05) is 6.07 Å². The second-order valence-corrected chi connectivity index (χ2v) is 5.07. The van der Waals surface area contributed by atoms with Crippen molar-refractivity contribution < 1.29 is 0 Å². The topological polar surface area (TPSA) is 12.0 Å². The first-order valence-corrected chi connectivity index (χ1v) is 6.07. The van der Waals surface area contributed by atoms with Crippen molar-refractivity contribution in [2.75, 3.05) is 13.1 Å². The highest BCUT2D eigenvalue weighted by atomic mass is 79.9. The Balaban J connectivity index is 1.91. The molecule has 1 aromatic rings. The average Bonchev–Trinajstić information content (AvgIpc) is 2.08. The third-order valence-corrected chi connectivity index (χ3v) is 3.92. The molecule has 0 bridgehead atoms. The molecule has 1 aromatic carbocycles. The van der Waals surface area contributed by atoms with Crippen LogP contribution in [-0.2, 0) is 6.42 Å². The molecule has 0 radical (unpaired) electrons. The molecule has 3 heteroatoms. The summed E-state index contributed by atoms with van der Waals surface area (Å²) < 4.78 is 0.980. The minimum Gasteiger partial charge on any atom is -0.316 e. The first-order chi connectivity index (χ1) is 6.75. The van der Waals surface area contributed by atoms with Crippen LogP contribution >= 0.6 is 27.5 Å². The lowest BCUT2D eigenvalue weighted by molar-refractivity contribution is 0.328. The molecule has 76 valence electrons. The van der Waals surface area contributed by atoms with Gasteiger partial charge in [-0.3, -0.25) is 0 Å². The largest absolute Gasteiger partial charge is 0.316 e. The molecule has 14 heavy (non-hydrogen) atoms. The number of halogens is 2. The lowest BCUT2D eigenvalue weighted by Crippen LogP contribution is -2.42. The van der Waals surface area contributed by atoms with Crippen molar-refractivity contribution in [2.45, 2.75) is 12.8 Å². The van der Waals surface area contributed by atoms with Gasteiger partial charge >= 0.3 is 0 Å². The summed E-state index contributed by atoms with van der Waals surface area (Å²) in [6, 6.07) is 6.22. The lowest BCUT2D eigenvalue weighted by atomic mass is 9.95. The van der Waals surface area contributed by atoms with Gasteiger partial charge in [-0.1, -0.05) is 17.7 Å². The van der Waals surface area contributed by atoms with Crippen LogP contribution in [0.2, 0.25) is 5.02 Å². The summed E-state index contributed by atoms with van der Waals surface area (Å²) in [7, 11) is 0. The normalized spacial score (nSPS) is 16.7. The Bertz CT molecular complexity index is 323. The molecule has 1 aliphatic heterocycles. The number of hydrogen-bond acceptors (Lipinski definition) is 1. The number of aryl methyl sites for hydroxylation is 1. The standard InChI is InChI=1S/C11H13BrClN/c12-10-4-3-8(5-11(10)13)1-2-9-6-14-7-9/h3-5,9,14H,1-2,6-7H2. The minimum atomic E-state index is 0.814. The molecular formula is C11H13BrClN. The molecule has 0 aromatic heterocycles. The van der Waals surface area contributed by atoms with Gasteiger partial charge < -0.3 is 5.32 Å². The Morgan fingerprint density at radius 1 is 1.43 bits per heavy atom. The summed E-state index contributed by atoms with van der Waals surface area (Å²) >= 11 is 9.41. The molecule has 0 aliphatic carbocycles. The van der Waals surface area contributed by atoms with Crippen molar-refractivity contribution in [2.24, 2.45) is 5.92 Å². The van der Waals surface area contributed by atoms with Crippen molar-refractivity contribution in [3.63, 3.8) is 0 Å². The summed E-state index contributed by atoms with van der Waals surface area (Å²) in [6.45, 7) is 2.37. The van der Waals surface area contributed by atoms with Gasteiger partial charge in [0, 0.05) is 4.47 Å². The maximum Gasteiger partial charge on any atom is 0.0550 e. The fourth-order valence-corrected chi connectivity index (χ4v) is 2.07. The number of rotatable bonds is 3.